The van der Waals surface area contributed by atoms with Crippen molar-refractivity contribution in [3.05, 3.63) is 73.2 Å². The van der Waals surface area contributed by atoms with Crippen LogP contribution < -0.4 is 4.90 Å². The largest absolute Gasteiger partial charge is 0.370 e. The summed E-state index contributed by atoms with van der Waals surface area (Å²) in [5.41, 5.74) is 7.33. The van der Waals surface area contributed by atoms with Crippen LogP contribution in [-0.4, -0.2) is 48.2 Å². The van der Waals surface area contributed by atoms with E-state index in [0.717, 1.165) is 46.4 Å². The zero-order chi connectivity index (χ0) is 24.1. The third kappa shape index (κ3) is 3.48. The van der Waals surface area contributed by atoms with E-state index >= 15 is 0 Å². The molecule has 176 valence electrons. The predicted octanol–water partition coefficient (Wildman–Crippen LogP) is 5.36. The van der Waals surface area contributed by atoms with Crippen molar-refractivity contribution in [1.82, 2.24) is 35.1 Å². The summed E-state index contributed by atoms with van der Waals surface area (Å²) in [7, 11) is 0. The summed E-state index contributed by atoms with van der Waals surface area (Å²) in [6.45, 7) is 2.12. The quantitative estimate of drug-likeness (QED) is 0.355. The molecule has 0 aliphatic carbocycles. The lowest BCUT2D eigenvalue weighted by molar-refractivity contribution is 0.628. The lowest BCUT2D eigenvalue weighted by Crippen LogP contribution is -2.17. The third-order valence-electron chi connectivity index (χ3n) is 6.70. The average molecular weight is 477 g/mol. The molecular weight excluding hydrogens is 455 g/mol. The maximum atomic E-state index is 13.9. The van der Waals surface area contributed by atoms with Crippen LogP contribution in [0.5, 0.6) is 0 Å². The van der Waals surface area contributed by atoms with Crippen LogP contribution in [0, 0.1) is 5.82 Å². The molecule has 1 aliphatic heterocycles. The number of anilines is 1. The molecule has 9 heteroatoms. The van der Waals surface area contributed by atoms with Crippen molar-refractivity contribution in [1.29, 1.82) is 0 Å². The second-order valence-corrected chi connectivity index (χ2v) is 9.00. The highest BCUT2D eigenvalue weighted by atomic mass is 19.1. The van der Waals surface area contributed by atoms with Gasteiger partial charge in [0.1, 0.15) is 11.5 Å². The van der Waals surface area contributed by atoms with Gasteiger partial charge < -0.3 is 9.88 Å². The number of hydrogen-bond donors (Lipinski definition) is 2. The summed E-state index contributed by atoms with van der Waals surface area (Å²) in [6.07, 6.45) is 11.4. The molecular formula is C27H21FN8. The fourth-order valence-electron chi connectivity index (χ4n) is 4.89. The van der Waals surface area contributed by atoms with Gasteiger partial charge in [-0.15, -0.1) is 0 Å². The smallest absolute Gasteiger partial charge is 0.159 e. The molecule has 0 unspecified atom stereocenters. The van der Waals surface area contributed by atoms with Crippen LogP contribution in [0.15, 0.2) is 67.4 Å². The third-order valence-corrected chi connectivity index (χ3v) is 6.70. The Balaban J connectivity index is 1.32. The van der Waals surface area contributed by atoms with Gasteiger partial charge in [-0.1, -0.05) is 12.1 Å². The highest BCUT2D eigenvalue weighted by Crippen LogP contribution is 2.33. The Morgan fingerprint density at radius 3 is 2.61 bits per heavy atom. The number of hydrogen-bond acceptors (Lipinski definition) is 6. The average Bonchev–Trinajstić information content (AvgIpc) is 3.67. The number of halogens is 1. The molecule has 0 amide bonds. The van der Waals surface area contributed by atoms with Gasteiger partial charge in [0.2, 0.25) is 0 Å². The number of benzene rings is 1. The van der Waals surface area contributed by atoms with E-state index in [0.29, 0.717) is 28.2 Å². The number of nitrogens with one attached hydrogen (secondary N) is 2. The van der Waals surface area contributed by atoms with Crippen LogP contribution in [0.2, 0.25) is 0 Å². The van der Waals surface area contributed by atoms with Gasteiger partial charge in [-0.05, 0) is 42.7 Å². The van der Waals surface area contributed by atoms with Gasteiger partial charge in [0.05, 0.1) is 34.5 Å². The van der Waals surface area contributed by atoms with E-state index in [-0.39, 0.29) is 5.82 Å². The van der Waals surface area contributed by atoms with E-state index in [1.807, 2.05) is 24.7 Å². The highest BCUT2D eigenvalue weighted by molar-refractivity contribution is 5.96. The van der Waals surface area contributed by atoms with Gasteiger partial charge in [-0.2, -0.15) is 5.10 Å². The summed E-state index contributed by atoms with van der Waals surface area (Å²) in [5.74, 6) is 0.283. The maximum Gasteiger partial charge on any atom is 0.159 e. The first kappa shape index (κ1) is 20.7. The fourth-order valence-corrected chi connectivity index (χ4v) is 4.89. The normalized spacial score (nSPS) is 13.8. The van der Waals surface area contributed by atoms with E-state index in [4.69, 9.17) is 4.98 Å². The van der Waals surface area contributed by atoms with Gasteiger partial charge >= 0.3 is 0 Å². The van der Waals surface area contributed by atoms with Gasteiger partial charge in [0.25, 0.3) is 0 Å². The fraction of sp³-hybridized carbons (Fsp3) is 0.148. The molecule has 6 aromatic rings. The van der Waals surface area contributed by atoms with Gasteiger partial charge in [-0.3, -0.25) is 15.1 Å². The highest BCUT2D eigenvalue weighted by Gasteiger charge is 2.18. The molecule has 8 nitrogen and oxygen atoms in total. The van der Waals surface area contributed by atoms with Gasteiger partial charge in [-0.25, -0.2) is 14.4 Å². The first-order valence-corrected chi connectivity index (χ1v) is 11.9. The van der Waals surface area contributed by atoms with Crippen molar-refractivity contribution in [2.45, 2.75) is 12.8 Å². The van der Waals surface area contributed by atoms with Crippen molar-refractivity contribution in [3.63, 3.8) is 0 Å². The molecule has 6 heterocycles. The predicted molar refractivity (Wildman–Crippen MR) is 137 cm³/mol. The summed E-state index contributed by atoms with van der Waals surface area (Å²) in [4.78, 5) is 23.9. The Hall–Kier alpha value is -4.66. The number of rotatable bonds is 4. The Kier molecular flexibility index (Phi) is 4.73. The van der Waals surface area contributed by atoms with Crippen molar-refractivity contribution < 1.29 is 4.39 Å². The summed E-state index contributed by atoms with van der Waals surface area (Å²) in [5, 5.41) is 8.36. The van der Waals surface area contributed by atoms with E-state index in [9.17, 15) is 4.39 Å². The summed E-state index contributed by atoms with van der Waals surface area (Å²) < 4.78 is 13.9. The molecule has 1 fully saturated rings. The molecule has 0 atom stereocenters. The number of aromatic nitrogens is 7. The Bertz CT molecular complexity index is 1730. The first-order chi connectivity index (χ1) is 17.7. The first-order valence-electron chi connectivity index (χ1n) is 11.9. The number of nitrogens with zero attached hydrogens (tertiary/aromatic N) is 6. The molecule has 1 aliphatic rings. The van der Waals surface area contributed by atoms with Gasteiger partial charge in [0, 0.05) is 48.4 Å². The molecule has 1 saturated heterocycles. The van der Waals surface area contributed by atoms with Crippen LogP contribution in [0.25, 0.3) is 55.8 Å². The molecule has 1 aromatic carbocycles. The molecule has 0 saturated carbocycles. The van der Waals surface area contributed by atoms with Crippen LogP contribution in [-0.2, 0) is 0 Å². The van der Waals surface area contributed by atoms with Crippen LogP contribution in [0.1, 0.15) is 12.8 Å². The standard InChI is InChI=1S/C27H21FN8/c28-19-5-3-4-16(8-19)22-14-30-15-23-24(22)33-27(32-23)25-21-10-18(12-31-26(21)35-34-25)17-9-20(13-29-11-17)36-6-1-2-7-36/h3-5,8-15H,1-2,6-7H2,(H,32,33)(H,31,34,35). The summed E-state index contributed by atoms with van der Waals surface area (Å²) >= 11 is 0. The van der Waals surface area contributed by atoms with E-state index in [1.165, 1.54) is 25.0 Å². The molecule has 0 spiro atoms. The molecule has 5 aromatic heterocycles. The molecule has 0 radical (unpaired) electrons. The zero-order valence-electron chi connectivity index (χ0n) is 19.2. The lowest BCUT2D eigenvalue weighted by Gasteiger charge is -2.17. The molecule has 36 heavy (non-hydrogen) atoms. The maximum absolute atomic E-state index is 13.9. The number of pyridine rings is 3. The SMILES string of the molecule is Fc1cccc(-c2cncc3[nH]c(-c4n[nH]c5ncc(-c6cncc(N7CCCC7)c6)cc45)nc23)c1. The molecule has 7 rings (SSSR count). The monoisotopic (exact) mass is 476 g/mol. The Morgan fingerprint density at radius 1 is 0.861 bits per heavy atom. The second kappa shape index (κ2) is 8.23. The van der Waals surface area contributed by atoms with Crippen molar-refractivity contribution in [2.24, 2.45) is 0 Å². The Morgan fingerprint density at radius 2 is 1.72 bits per heavy atom. The van der Waals surface area contributed by atoms with Crippen LogP contribution in [0.4, 0.5) is 10.1 Å². The van der Waals surface area contributed by atoms with E-state index < -0.39 is 0 Å². The van der Waals surface area contributed by atoms with Crippen LogP contribution in [0.3, 0.4) is 0 Å². The van der Waals surface area contributed by atoms with Crippen molar-refractivity contribution in [2.75, 3.05) is 18.0 Å². The zero-order valence-corrected chi connectivity index (χ0v) is 19.2. The van der Waals surface area contributed by atoms with E-state index in [1.54, 1.807) is 18.5 Å². The minimum atomic E-state index is -0.305. The minimum absolute atomic E-state index is 0.305. The van der Waals surface area contributed by atoms with Crippen molar-refractivity contribution >= 4 is 27.8 Å². The lowest BCUT2D eigenvalue weighted by atomic mass is 10.1. The molecule has 2 N–H and O–H groups in total. The van der Waals surface area contributed by atoms with Gasteiger partial charge in [0.15, 0.2) is 11.5 Å². The van der Waals surface area contributed by atoms with Crippen molar-refractivity contribution in [3.8, 4) is 33.8 Å². The second-order valence-electron chi connectivity index (χ2n) is 9.00. The number of imidazole rings is 1. The topological polar surface area (TPSA) is 99.3 Å². The number of aromatic amines is 2. The minimum Gasteiger partial charge on any atom is -0.370 e. The number of fused-ring (bicyclic) bond motifs is 2. The number of H-pyrrole nitrogens is 2. The Labute approximate surface area is 205 Å². The van der Waals surface area contributed by atoms with Crippen LogP contribution >= 0.6 is 0 Å². The molecule has 0 bridgehead atoms. The summed E-state index contributed by atoms with van der Waals surface area (Å²) in [6, 6.07) is 10.7. The van der Waals surface area contributed by atoms with E-state index in [2.05, 4.69) is 47.2 Å².